The van der Waals surface area contributed by atoms with E-state index in [-0.39, 0.29) is 24.3 Å². The molecule has 1 aromatic rings. The first-order valence-corrected chi connectivity index (χ1v) is 9.25. The van der Waals surface area contributed by atoms with Crippen molar-refractivity contribution in [3.63, 3.8) is 0 Å². The summed E-state index contributed by atoms with van der Waals surface area (Å²) in [6.07, 6.45) is 7.32. The summed E-state index contributed by atoms with van der Waals surface area (Å²) in [5.41, 5.74) is 2.42. The zero-order chi connectivity index (χ0) is 16.7. The number of amides is 2. The number of carbonyl (C=O) groups is 2. The third-order valence-corrected chi connectivity index (χ3v) is 6.22. The van der Waals surface area contributed by atoms with Gasteiger partial charge in [0.25, 0.3) is 0 Å². The largest absolute Gasteiger partial charge is 0.331 e. The van der Waals surface area contributed by atoms with E-state index >= 15 is 0 Å². The van der Waals surface area contributed by atoms with Crippen molar-refractivity contribution >= 4 is 17.5 Å². The molecule has 1 saturated heterocycles. The van der Waals surface area contributed by atoms with Crippen molar-refractivity contribution in [1.29, 1.82) is 0 Å². The van der Waals surface area contributed by atoms with Gasteiger partial charge >= 0.3 is 0 Å². The van der Waals surface area contributed by atoms with E-state index in [4.69, 9.17) is 0 Å². The smallest absolute Gasteiger partial charge is 0.246 e. The summed E-state index contributed by atoms with van der Waals surface area (Å²) in [6.45, 7) is 3.54. The van der Waals surface area contributed by atoms with Gasteiger partial charge in [-0.2, -0.15) is 0 Å². The van der Waals surface area contributed by atoms with Gasteiger partial charge in [0.2, 0.25) is 11.8 Å². The van der Waals surface area contributed by atoms with E-state index in [9.17, 15) is 9.59 Å². The maximum Gasteiger partial charge on any atom is 0.246 e. The second kappa shape index (κ2) is 5.91. The van der Waals surface area contributed by atoms with Crippen LogP contribution in [0.1, 0.15) is 44.1 Å². The Morgan fingerprint density at radius 2 is 1.79 bits per heavy atom. The summed E-state index contributed by atoms with van der Waals surface area (Å²) in [4.78, 5) is 29.0. The highest BCUT2D eigenvalue weighted by Gasteiger charge is 2.58. The Hall–Kier alpha value is -1.84. The zero-order valence-electron chi connectivity index (χ0n) is 14.5. The number of hydrogen-bond acceptors (Lipinski definition) is 2. The van der Waals surface area contributed by atoms with Crippen molar-refractivity contribution in [3.05, 3.63) is 29.8 Å². The van der Waals surface area contributed by atoms with Gasteiger partial charge in [-0.3, -0.25) is 9.59 Å². The van der Waals surface area contributed by atoms with Crippen LogP contribution in [-0.2, 0) is 9.59 Å². The van der Waals surface area contributed by atoms with E-state index < -0.39 is 0 Å². The van der Waals surface area contributed by atoms with Gasteiger partial charge in [-0.25, -0.2) is 0 Å². The molecular formula is C20H26N2O2. The van der Waals surface area contributed by atoms with E-state index in [1.165, 1.54) is 37.7 Å². The molecule has 2 saturated carbocycles. The Labute approximate surface area is 143 Å². The lowest BCUT2D eigenvalue weighted by atomic mass is 9.84. The maximum atomic E-state index is 12.8. The Kier molecular flexibility index (Phi) is 3.86. The molecule has 1 heterocycles. The molecule has 1 aromatic carbocycles. The van der Waals surface area contributed by atoms with Crippen LogP contribution in [-0.4, -0.2) is 36.3 Å². The van der Waals surface area contributed by atoms with Gasteiger partial charge in [-0.1, -0.05) is 37.0 Å². The third kappa shape index (κ3) is 2.72. The lowest BCUT2D eigenvalue weighted by Gasteiger charge is -2.35. The fourth-order valence-electron chi connectivity index (χ4n) is 4.58. The quantitative estimate of drug-likeness (QED) is 0.838. The molecule has 1 atom stereocenters. The number of hydrogen-bond donors (Lipinski definition) is 0. The molecule has 0 aromatic heterocycles. The second-order valence-corrected chi connectivity index (χ2v) is 7.82. The molecule has 3 aliphatic rings. The first-order valence-electron chi connectivity index (χ1n) is 9.25. The molecule has 4 heteroatoms. The number of rotatable bonds is 2. The predicted molar refractivity (Wildman–Crippen MR) is 93.7 cm³/mol. The Morgan fingerprint density at radius 3 is 2.46 bits per heavy atom. The van der Waals surface area contributed by atoms with Crippen LogP contribution in [0.15, 0.2) is 24.3 Å². The minimum Gasteiger partial charge on any atom is -0.331 e. The maximum absolute atomic E-state index is 12.8. The standard InChI is InChI=1S/C20H26N2O2/c1-15-5-7-16(8-6-15)22-12-11-21(14-18(22)23)19(24)17-13-20(17)9-3-2-4-10-20/h5-8,17H,2-4,9-14H2,1H3/t17-/m1/s1. The zero-order valence-corrected chi connectivity index (χ0v) is 14.5. The molecular weight excluding hydrogens is 300 g/mol. The van der Waals surface area contributed by atoms with Crippen molar-refractivity contribution in [1.82, 2.24) is 4.90 Å². The number of piperazine rings is 1. The number of aryl methyl sites for hydroxylation is 1. The number of anilines is 1. The lowest BCUT2D eigenvalue weighted by Crippen LogP contribution is -2.53. The van der Waals surface area contributed by atoms with Crippen molar-refractivity contribution in [2.24, 2.45) is 11.3 Å². The van der Waals surface area contributed by atoms with Gasteiger partial charge in [-0.15, -0.1) is 0 Å². The topological polar surface area (TPSA) is 40.6 Å². The normalized spacial score (nSPS) is 25.9. The van der Waals surface area contributed by atoms with Crippen molar-refractivity contribution in [2.75, 3.05) is 24.5 Å². The van der Waals surface area contributed by atoms with E-state index in [1.807, 2.05) is 36.1 Å². The van der Waals surface area contributed by atoms with Crippen LogP contribution in [0.3, 0.4) is 0 Å². The van der Waals surface area contributed by atoms with Crippen LogP contribution < -0.4 is 4.90 Å². The fourth-order valence-corrected chi connectivity index (χ4v) is 4.58. The van der Waals surface area contributed by atoms with Crippen molar-refractivity contribution in [3.8, 4) is 0 Å². The molecule has 0 bridgehead atoms. The molecule has 3 fully saturated rings. The summed E-state index contributed by atoms with van der Waals surface area (Å²) in [5.74, 6) is 0.460. The Morgan fingerprint density at radius 1 is 1.08 bits per heavy atom. The van der Waals surface area contributed by atoms with Crippen LogP contribution >= 0.6 is 0 Å². The summed E-state index contributed by atoms with van der Waals surface area (Å²) in [7, 11) is 0. The highest BCUT2D eigenvalue weighted by atomic mass is 16.2. The van der Waals surface area contributed by atoms with Gasteiger partial charge in [-0.05, 0) is 43.7 Å². The molecule has 2 amide bonds. The monoisotopic (exact) mass is 326 g/mol. The molecule has 1 spiro atoms. The van der Waals surface area contributed by atoms with E-state index in [0.717, 1.165) is 12.1 Å². The van der Waals surface area contributed by atoms with Gasteiger partial charge in [0.05, 0.1) is 0 Å². The van der Waals surface area contributed by atoms with Gasteiger partial charge in [0, 0.05) is 24.7 Å². The lowest BCUT2D eigenvalue weighted by molar-refractivity contribution is -0.138. The number of nitrogens with zero attached hydrogens (tertiary/aromatic N) is 2. The number of benzene rings is 1. The molecule has 0 N–H and O–H groups in total. The van der Waals surface area contributed by atoms with E-state index in [2.05, 4.69) is 0 Å². The summed E-state index contributed by atoms with van der Waals surface area (Å²) < 4.78 is 0. The van der Waals surface area contributed by atoms with Gasteiger partial charge < -0.3 is 9.80 Å². The molecule has 128 valence electrons. The van der Waals surface area contributed by atoms with E-state index in [1.54, 1.807) is 4.90 Å². The minimum atomic E-state index is 0.0387. The summed E-state index contributed by atoms with van der Waals surface area (Å²) >= 11 is 0. The van der Waals surface area contributed by atoms with Crippen molar-refractivity contribution < 1.29 is 9.59 Å². The SMILES string of the molecule is Cc1ccc(N2CCN(C(=O)[C@H]3CC34CCCCC4)CC2=O)cc1. The minimum absolute atomic E-state index is 0.0387. The summed E-state index contributed by atoms with van der Waals surface area (Å²) in [5, 5.41) is 0. The summed E-state index contributed by atoms with van der Waals surface area (Å²) in [6, 6.07) is 8.03. The van der Waals surface area contributed by atoms with Gasteiger partial charge in [0.1, 0.15) is 6.54 Å². The molecule has 4 rings (SSSR count). The third-order valence-electron chi connectivity index (χ3n) is 6.22. The molecule has 0 radical (unpaired) electrons. The van der Waals surface area contributed by atoms with Gasteiger partial charge in [0.15, 0.2) is 0 Å². The predicted octanol–water partition coefficient (Wildman–Crippen LogP) is 3.14. The van der Waals surface area contributed by atoms with E-state index in [0.29, 0.717) is 18.5 Å². The number of carbonyl (C=O) groups excluding carboxylic acids is 2. The molecule has 2 aliphatic carbocycles. The van der Waals surface area contributed by atoms with Crippen LogP contribution in [0, 0.1) is 18.3 Å². The molecule has 24 heavy (non-hydrogen) atoms. The highest BCUT2D eigenvalue weighted by Crippen LogP contribution is 2.61. The van der Waals surface area contributed by atoms with Crippen LogP contribution in [0.25, 0.3) is 0 Å². The second-order valence-electron chi connectivity index (χ2n) is 7.82. The highest BCUT2D eigenvalue weighted by molar-refractivity contribution is 5.98. The van der Waals surface area contributed by atoms with Crippen molar-refractivity contribution in [2.45, 2.75) is 45.4 Å². The average Bonchev–Trinajstić information content (AvgIpc) is 3.28. The van der Waals surface area contributed by atoms with Crippen LogP contribution in [0.5, 0.6) is 0 Å². The Bertz CT molecular complexity index is 646. The Balaban J connectivity index is 1.39. The molecule has 4 nitrogen and oxygen atoms in total. The average molecular weight is 326 g/mol. The molecule has 1 aliphatic heterocycles. The van der Waals surface area contributed by atoms with Crippen LogP contribution in [0.4, 0.5) is 5.69 Å². The molecule has 0 unspecified atom stereocenters. The first kappa shape index (κ1) is 15.7. The first-order chi connectivity index (χ1) is 11.6. The fraction of sp³-hybridized carbons (Fsp3) is 0.600. The van der Waals surface area contributed by atoms with Crippen LogP contribution in [0.2, 0.25) is 0 Å².